The van der Waals surface area contributed by atoms with E-state index in [0.717, 1.165) is 24.1 Å². The third-order valence-corrected chi connectivity index (χ3v) is 17.3. The number of aliphatic hydroxyl groups excluding tert-OH is 1. The Kier molecular flexibility index (Phi) is 27.1. The average Bonchev–Trinajstić information content (AvgIpc) is 4.03. The molecule has 0 spiro atoms. The minimum absolute atomic E-state index is 0. The summed E-state index contributed by atoms with van der Waals surface area (Å²) in [5.74, 6) is -3.25. The van der Waals surface area contributed by atoms with E-state index in [1.54, 1.807) is 55.3 Å². The van der Waals surface area contributed by atoms with Crippen molar-refractivity contribution in [2.45, 2.75) is 174 Å². The second-order valence-electron chi connectivity index (χ2n) is 22.7. The lowest BCUT2D eigenvalue weighted by Crippen LogP contribution is -2.54. The molecule has 2 aromatic carbocycles. The molecule has 2 fully saturated rings. The summed E-state index contributed by atoms with van der Waals surface area (Å²) in [5, 5.41) is 13.8. The van der Waals surface area contributed by atoms with Crippen LogP contribution in [0.2, 0.25) is 0 Å². The number of benzene rings is 2. The third-order valence-electron chi connectivity index (χ3n) is 16.4. The Hall–Kier alpha value is -5.17. The van der Waals surface area contributed by atoms with E-state index in [0.29, 0.717) is 50.8 Å². The largest absolute Gasteiger partial charge is 0.445 e. The Morgan fingerprint density at radius 3 is 2.08 bits per heavy atom. The Morgan fingerprint density at radius 1 is 0.823 bits per heavy atom. The van der Waals surface area contributed by atoms with Crippen molar-refractivity contribution in [2.75, 3.05) is 59.5 Å². The number of methoxy groups -OCH3 is 2. The molecule has 442 valence electrons. The second kappa shape index (κ2) is 32.3. The molecule has 4 rings (SSSR count). The van der Waals surface area contributed by atoms with Crippen molar-refractivity contribution in [3.63, 3.8) is 0 Å². The molecule has 2 aliphatic rings. The van der Waals surface area contributed by atoms with Crippen LogP contribution in [0, 0.1) is 35.5 Å². The molecule has 0 saturated carbocycles. The van der Waals surface area contributed by atoms with Gasteiger partial charge >= 0.3 is 6.09 Å². The van der Waals surface area contributed by atoms with E-state index in [-0.39, 0.29) is 116 Å². The SMILES string of the molecule is CC[C@H](C)[C@@H]([C@@H](CC(=O)N1CCC[C@H]1[C@H](OC)[C@@H](C)C(=O)C[C@H](C)[C@@H](O)c1ccccc1)OC)N(C)C(=O)[C@@H](CC(=O)[C@H](C(C)C)N(C)C(=O)OCc1ccc(NCC(=O)CCCCCN2C(=O)CC(SC)C2=O)cc1)C(C)C.[HH]. The van der Waals surface area contributed by atoms with Crippen LogP contribution in [-0.2, 0) is 54.4 Å². The second-order valence-corrected chi connectivity index (χ2v) is 23.7. The van der Waals surface area contributed by atoms with Crippen LogP contribution in [0.1, 0.15) is 145 Å². The fourth-order valence-corrected chi connectivity index (χ4v) is 12.0. The molecule has 2 heterocycles. The molecule has 1 unspecified atom stereocenters. The van der Waals surface area contributed by atoms with Gasteiger partial charge in [-0.2, -0.15) is 11.8 Å². The quantitative estimate of drug-likeness (QED) is 0.0495. The first kappa shape index (κ1) is 66.3. The minimum Gasteiger partial charge on any atom is -0.445 e. The number of hydrogen-bond acceptors (Lipinski definition) is 14. The molecule has 0 aromatic heterocycles. The highest BCUT2D eigenvalue weighted by Crippen LogP contribution is 2.33. The summed E-state index contributed by atoms with van der Waals surface area (Å²) in [7, 11) is 6.34. The van der Waals surface area contributed by atoms with Gasteiger partial charge in [0.2, 0.25) is 23.6 Å². The van der Waals surface area contributed by atoms with E-state index >= 15 is 0 Å². The van der Waals surface area contributed by atoms with E-state index in [9.17, 15) is 43.5 Å². The molecular weight excluding hydrogens is 1030 g/mol. The van der Waals surface area contributed by atoms with E-state index in [1.807, 2.05) is 92.0 Å². The number of carbonyl (C=O) groups excluding carboxylic acids is 8. The van der Waals surface area contributed by atoms with Gasteiger partial charge < -0.3 is 39.3 Å². The zero-order valence-corrected chi connectivity index (χ0v) is 50.3. The van der Waals surface area contributed by atoms with Gasteiger partial charge in [0.25, 0.3) is 0 Å². The van der Waals surface area contributed by atoms with E-state index in [2.05, 4.69) is 5.32 Å². The molecule has 5 amide bonds. The number of hydrogen-bond donors (Lipinski definition) is 2. The molecule has 18 heteroatoms. The van der Waals surface area contributed by atoms with Crippen molar-refractivity contribution < 1.29 is 59.1 Å². The molecule has 2 saturated heterocycles. The monoisotopic (exact) mass is 1120 g/mol. The number of unbranched alkanes of at least 4 members (excludes halogenated alkanes) is 2. The highest BCUT2D eigenvalue weighted by atomic mass is 32.2. The predicted molar refractivity (Wildman–Crippen MR) is 310 cm³/mol. The van der Waals surface area contributed by atoms with Crippen molar-refractivity contribution in [2.24, 2.45) is 35.5 Å². The molecule has 0 aliphatic carbocycles. The fraction of sp³-hybridized carbons (Fsp3) is 0.672. The maximum atomic E-state index is 14.8. The van der Waals surface area contributed by atoms with Crippen LogP contribution in [-0.4, -0.2) is 162 Å². The zero-order chi connectivity index (χ0) is 58.7. The first-order valence-electron chi connectivity index (χ1n) is 28.5. The molecule has 79 heavy (non-hydrogen) atoms. The number of aliphatic hydroxyl groups is 1. The fourth-order valence-electron chi connectivity index (χ4n) is 11.4. The van der Waals surface area contributed by atoms with E-state index in [1.165, 1.54) is 28.6 Å². The number of amides is 5. The topological polar surface area (TPSA) is 209 Å². The van der Waals surface area contributed by atoms with Gasteiger partial charge in [-0.05, 0) is 78.9 Å². The number of ether oxygens (including phenoxy) is 3. The normalized spacial score (nSPS) is 19.1. The van der Waals surface area contributed by atoms with Gasteiger partial charge in [-0.1, -0.05) is 111 Å². The highest BCUT2D eigenvalue weighted by molar-refractivity contribution is 8.00. The first-order chi connectivity index (χ1) is 37.5. The number of carbonyl (C=O) groups is 8. The van der Waals surface area contributed by atoms with Crippen LogP contribution in [0.25, 0.3) is 0 Å². The van der Waals surface area contributed by atoms with Crippen molar-refractivity contribution in [3.05, 3.63) is 65.7 Å². The number of likely N-dealkylation sites (tertiary alicyclic amines) is 2. The number of anilines is 1. The average molecular weight is 1120 g/mol. The Balaban J connectivity index is 0.0000168. The van der Waals surface area contributed by atoms with Crippen molar-refractivity contribution in [1.29, 1.82) is 0 Å². The number of nitrogens with one attached hydrogen (secondary N) is 1. The van der Waals surface area contributed by atoms with Gasteiger partial charge in [0.1, 0.15) is 12.4 Å². The molecule has 2 aromatic rings. The number of likely N-dealkylation sites (N-methyl/N-ethyl adjacent to an activating group) is 2. The van der Waals surface area contributed by atoms with Crippen LogP contribution >= 0.6 is 11.8 Å². The molecule has 17 nitrogen and oxygen atoms in total. The number of nitrogens with zero attached hydrogens (tertiary/aromatic N) is 4. The van der Waals surface area contributed by atoms with Gasteiger partial charge in [0, 0.05) is 86.0 Å². The number of thioether (sulfide) groups is 1. The molecule has 0 bridgehead atoms. The summed E-state index contributed by atoms with van der Waals surface area (Å²) in [5.41, 5.74) is 2.17. The molecular formula is C61H95N5O12S. The number of imide groups is 1. The summed E-state index contributed by atoms with van der Waals surface area (Å²) in [6, 6.07) is 14.7. The summed E-state index contributed by atoms with van der Waals surface area (Å²) in [6.07, 6.45) is 3.81. The summed E-state index contributed by atoms with van der Waals surface area (Å²) >= 11 is 1.40. The van der Waals surface area contributed by atoms with Gasteiger partial charge in [-0.3, -0.25) is 38.5 Å². The van der Waals surface area contributed by atoms with Gasteiger partial charge in [-0.25, -0.2) is 4.79 Å². The van der Waals surface area contributed by atoms with Crippen LogP contribution in [0.15, 0.2) is 54.6 Å². The number of ketones is 3. The number of Topliss-reactive ketones (excluding diaryl/α,β-unsaturated/α-hetero) is 3. The molecule has 2 aliphatic heterocycles. The van der Waals surface area contributed by atoms with Crippen molar-refractivity contribution in [3.8, 4) is 0 Å². The van der Waals surface area contributed by atoms with Crippen LogP contribution < -0.4 is 5.32 Å². The lowest BCUT2D eigenvalue weighted by Gasteiger charge is -2.41. The molecule has 11 atom stereocenters. The smallest absolute Gasteiger partial charge is 0.410 e. The lowest BCUT2D eigenvalue weighted by atomic mass is 9.83. The Morgan fingerprint density at radius 2 is 1.49 bits per heavy atom. The van der Waals surface area contributed by atoms with Crippen LogP contribution in [0.4, 0.5) is 10.5 Å². The molecule has 0 radical (unpaired) electrons. The standard InChI is InChI=1S/C61H93N5O12S.H2/c1-14-40(6)56(51(76-11)34-53(70)65-31-21-25-48(65)58(77-12)42(8)49(68)32-41(7)57(72)44-22-17-15-18-23-44)63(9)59(73)47(38(2)3)33-50(69)55(39(4)5)64(10)61(75)78-37-43-26-28-45(29-27-43)62-36-46(67)24-19-16-20-30-66-54(71)35-52(79-13)60(66)74;/h15,17-18,22-23,26-29,38-42,47-48,51-52,55-58,62,72H,14,16,19-21,24-25,30-37H2,1-13H3;1H/t40-,41-,42-,47-,48-,51+,52?,55-,56-,57+,58+;/m0./s1. The molecule has 2 N–H and O–H groups in total. The zero-order valence-electron chi connectivity index (χ0n) is 49.4. The summed E-state index contributed by atoms with van der Waals surface area (Å²) < 4.78 is 17.8. The van der Waals surface area contributed by atoms with E-state index < -0.39 is 48.3 Å². The summed E-state index contributed by atoms with van der Waals surface area (Å²) in [6.45, 7) is 16.2. The van der Waals surface area contributed by atoms with Crippen molar-refractivity contribution >= 4 is 64.5 Å². The van der Waals surface area contributed by atoms with Crippen LogP contribution in [0.5, 0.6) is 0 Å². The Bertz CT molecular complexity index is 2330. The van der Waals surface area contributed by atoms with Gasteiger partial charge in [0.15, 0.2) is 11.6 Å². The van der Waals surface area contributed by atoms with Gasteiger partial charge in [-0.15, -0.1) is 0 Å². The number of rotatable bonds is 34. The minimum atomic E-state index is -0.886. The Labute approximate surface area is 476 Å². The van der Waals surface area contributed by atoms with Crippen molar-refractivity contribution in [1.82, 2.24) is 19.6 Å². The lowest BCUT2D eigenvalue weighted by molar-refractivity contribution is -0.149. The third kappa shape index (κ3) is 18.4. The maximum absolute atomic E-state index is 14.8. The predicted octanol–water partition coefficient (Wildman–Crippen LogP) is 9.04. The van der Waals surface area contributed by atoms with E-state index in [4.69, 9.17) is 14.2 Å². The summed E-state index contributed by atoms with van der Waals surface area (Å²) in [4.78, 5) is 114. The van der Waals surface area contributed by atoms with Gasteiger partial charge in [0.05, 0.1) is 54.7 Å². The first-order valence-corrected chi connectivity index (χ1v) is 29.8. The van der Waals surface area contributed by atoms with Crippen LogP contribution in [0.3, 0.4) is 0 Å². The highest BCUT2D eigenvalue weighted by Gasteiger charge is 2.44. The maximum Gasteiger partial charge on any atom is 0.410 e.